The van der Waals surface area contributed by atoms with Gasteiger partial charge < -0.3 is 9.64 Å². The van der Waals surface area contributed by atoms with Gasteiger partial charge in [-0.15, -0.1) is 0 Å². The van der Waals surface area contributed by atoms with Crippen LogP contribution in [0.2, 0.25) is 0 Å². The van der Waals surface area contributed by atoms with Gasteiger partial charge in [-0.2, -0.15) is 0 Å². The second-order valence-electron chi connectivity index (χ2n) is 8.19. The number of benzene rings is 3. The summed E-state index contributed by atoms with van der Waals surface area (Å²) in [6, 6.07) is 29.0. The number of anilines is 1. The Balaban J connectivity index is 1.71. The molecule has 28 heavy (non-hydrogen) atoms. The molecule has 142 valence electrons. The molecule has 3 heteroatoms. The molecule has 0 saturated carbocycles. The van der Waals surface area contributed by atoms with E-state index in [9.17, 15) is 0 Å². The largest absolute Gasteiger partial charge is 0.483 e. The topological polar surface area (TPSA) is 12.5 Å². The van der Waals surface area contributed by atoms with E-state index in [4.69, 9.17) is 4.74 Å². The Hall–Kier alpha value is -2.31. The minimum absolute atomic E-state index is 0.173. The van der Waals surface area contributed by atoms with Gasteiger partial charge in [0.1, 0.15) is 5.60 Å². The molecule has 3 aromatic carbocycles. The fraction of sp³-hybridized carbons (Fsp3) is 0.280. The third kappa shape index (κ3) is 2.91. The molecule has 5 rings (SSSR count). The monoisotopic (exact) mass is 387 g/mol. The van der Waals surface area contributed by atoms with E-state index in [1.807, 2.05) is 0 Å². The van der Waals surface area contributed by atoms with Crippen LogP contribution in [-0.4, -0.2) is 18.2 Å². The normalized spacial score (nSPS) is 19.8. The van der Waals surface area contributed by atoms with E-state index in [-0.39, 0.29) is 5.60 Å². The fourth-order valence-corrected chi connectivity index (χ4v) is 7.10. The van der Waals surface area contributed by atoms with Crippen molar-refractivity contribution in [2.24, 2.45) is 0 Å². The first-order valence-electron chi connectivity index (χ1n) is 10.1. The summed E-state index contributed by atoms with van der Waals surface area (Å²) in [6.45, 7) is 5.63. The number of para-hydroxylation sites is 1. The molecule has 0 radical (unpaired) electrons. The van der Waals surface area contributed by atoms with Gasteiger partial charge in [0.2, 0.25) is 0 Å². The second-order valence-corrected chi connectivity index (χ2v) is 10.4. The molecule has 0 spiro atoms. The number of ether oxygens (including phenoxy) is 1. The minimum Gasteiger partial charge on any atom is -0.483 e. The van der Waals surface area contributed by atoms with Crippen LogP contribution in [0, 0.1) is 0 Å². The van der Waals surface area contributed by atoms with Crippen LogP contribution in [0.5, 0.6) is 5.75 Å². The smallest absolute Gasteiger partial charge is 0.151 e. The molecular weight excluding hydrogens is 361 g/mol. The molecule has 2 aliphatic rings. The molecule has 0 N–H and O–H groups in total. The van der Waals surface area contributed by atoms with Crippen molar-refractivity contribution in [2.45, 2.75) is 38.3 Å². The van der Waals surface area contributed by atoms with Gasteiger partial charge >= 0.3 is 0 Å². The van der Waals surface area contributed by atoms with Gasteiger partial charge in [0.05, 0.1) is 11.7 Å². The summed E-state index contributed by atoms with van der Waals surface area (Å²) in [4.78, 5) is 2.59. The van der Waals surface area contributed by atoms with Crippen molar-refractivity contribution in [1.82, 2.24) is 0 Å². The van der Waals surface area contributed by atoms with Crippen molar-refractivity contribution in [2.75, 3.05) is 11.4 Å². The van der Waals surface area contributed by atoms with Crippen molar-refractivity contribution in [3.05, 3.63) is 78.9 Å². The lowest BCUT2D eigenvalue weighted by molar-refractivity contribution is 0.0712. The Kier molecular flexibility index (Phi) is 4.40. The van der Waals surface area contributed by atoms with Gasteiger partial charge in [-0.1, -0.05) is 66.7 Å². The zero-order chi connectivity index (χ0) is 19.1. The first-order valence-corrected chi connectivity index (χ1v) is 11.5. The van der Waals surface area contributed by atoms with E-state index in [1.54, 1.807) is 0 Å². The van der Waals surface area contributed by atoms with Crippen LogP contribution < -0.4 is 25.6 Å². The number of hydrogen-bond donors (Lipinski definition) is 0. The van der Waals surface area contributed by atoms with Crippen molar-refractivity contribution in [1.29, 1.82) is 0 Å². The Morgan fingerprint density at radius 2 is 1.50 bits per heavy atom. The molecule has 2 nitrogen and oxygen atoms in total. The maximum Gasteiger partial charge on any atom is 0.151 e. The van der Waals surface area contributed by atoms with E-state index in [0.717, 1.165) is 12.3 Å². The molecule has 0 bridgehead atoms. The highest BCUT2D eigenvalue weighted by Crippen LogP contribution is 2.48. The quantitative estimate of drug-likeness (QED) is 0.610. The Morgan fingerprint density at radius 3 is 2.14 bits per heavy atom. The lowest BCUT2D eigenvalue weighted by Crippen LogP contribution is -2.53. The van der Waals surface area contributed by atoms with E-state index < -0.39 is 7.92 Å². The Labute approximate surface area is 168 Å². The van der Waals surface area contributed by atoms with Crippen molar-refractivity contribution >= 4 is 29.5 Å². The zero-order valence-corrected chi connectivity index (χ0v) is 17.4. The van der Waals surface area contributed by atoms with Gasteiger partial charge in [-0.05, 0) is 57.4 Å². The average molecular weight is 387 g/mol. The highest BCUT2D eigenvalue weighted by molar-refractivity contribution is 7.80. The molecule has 0 aromatic heterocycles. The Bertz CT molecular complexity index is 931. The van der Waals surface area contributed by atoms with E-state index in [0.29, 0.717) is 6.04 Å². The summed E-state index contributed by atoms with van der Waals surface area (Å²) in [7, 11) is -0.672. The summed E-state index contributed by atoms with van der Waals surface area (Å²) in [5, 5.41) is 4.05. The summed E-state index contributed by atoms with van der Waals surface area (Å²) >= 11 is 0. The lowest BCUT2D eigenvalue weighted by Gasteiger charge is -2.46. The molecule has 0 aliphatic carbocycles. The molecular formula is C25H26NOP. The molecule has 2 aliphatic heterocycles. The molecule has 0 amide bonds. The fourth-order valence-electron chi connectivity index (χ4n) is 4.71. The third-order valence-corrected chi connectivity index (χ3v) is 8.44. The maximum atomic E-state index is 6.76. The number of hydrogen-bond acceptors (Lipinski definition) is 2. The van der Waals surface area contributed by atoms with Gasteiger partial charge in [-0.25, -0.2) is 0 Å². The first-order chi connectivity index (χ1) is 13.6. The molecule has 1 saturated heterocycles. The predicted octanol–water partition coefficient (Wildman–Crippen LogP) is 4.58. The number of rotatable bonds is 3. The van der Waals surface area contributed by atoms with Crippen molar-refractivity contribution in [3.63, 3.8) is 0 Å². The van der Waals surface area contributed by atoms with Gasteiger partial charge in [-0.3, -0.25) is 0 Å². The SMILES string of the molecule is CC1(C)Oc2c(cccc2P(c2ccccc2)c2ccccc2)N2CCC[C@H]21. The lowest BCUT2D eigenvalue weighted by atomic mass is 9.94. The van der Waals surface area contributed by atoms with Crippen LogP contribution in [0.1, 0.15) is 26.7 Å². The summed E-state index contributed by atoms with van der Waals surface area (Å²) in [5.41, 5.74) is 1.10. The van der Waals surface area contributed by atoms with Crippen LogP contribution in [-0.2, 0) is 0 Å². The summed E-state index contributed by atoms with van der Waals surface area (Å²) in [6.07, 6.45) is 2.45. The third-order valence-electron chi connectivity index (χ3n) is 5.97. The molecule has 1 atom stereocenters. The molecule has 0 unspecified atom stereocenters. The van der Waals surface area contributed by atoms with Crippen LogP contribution in [0.25, 0.3) is 0 Å². The summed E-state index contributed by atoms with van der Waals surface area (Å²) in [5.74, 6) is 1.09. The van der Waals surface area contributed by atoms with Gasteiger partial charge in [0, 0.05) is 11.8 Å². The van der Waals surface area contributed by atoms with E-state index >= 15 is 0 Å². The van der Waals surface area contributed by atoms with E-state index in [2.05, 4.69) is 97.6 Å². The maximum absolute atomic E-state index is 6.76. The number of fused-ring (bicyclic) bond motifs is 3. The van der Waals surface area contributed by atoms with Crippen LogP contribution in [0.15, 0.2) is 78.9 Å². The van der Waals surface area contributed by atoms with Crippen molar-refractivity contribution in [3.8, 4) is 5.75 Å². The van der Waals surface area contributed by atoms with Gasteiger partial charge in [0.15, 0.2) is 5.75 Å². The van der Waals surface area contributed by atoms with Gasteiger partial charge in [0.25, 0.3) is 0 Å². The average Bonchev–Trinajstić information content (AvgIpc) is 3.22. The highest BCUT2D eigenvalue weighted by atomic mass is 31.1. The molecule has 2 heterocycles. The second kappa shape index (κ2) is 6.94. The van der Waals surface area contributed by atoms with E-state index in [1.165, 1.54) is 34.4 Å². The van der Waals surface area contributed by atoms with Crippen LogP contribution in [0.3, 0.4) is 0 Å². The number of nitrogens with zero attached hydrogens (tertiary/aromatic N) is 1. The highest BCUT2D eigenvalue weighted by Gasteiger charge is 2.45. The first kappa shape index (κ1) is 17.8. The minimum atomic E-state index is -0.672. The molecule has 1 fully saturated rings. The standard InChI is InChI=1S/C25H26NOP/c1-25(2)23-17-10-18-26(23)21-15-9-16-22(24(21)27-25)28(19-11-5-3-6-12-19)20-13-7-4-8-14-20/h3-9,11-16,23H,10,17-18H2,1-2H3/t23-/m0/s1. The van der Waals surface area contributed by atoms with Crippen molar-refractivity contribution < 1.29 is 4.74 Å². The molecule has 3 aromatic rings. The zero-order valence-electron chi connectivity index (χ0n) is 16.5. The Morgan fingerprint density at radius 1 is 0.857 bits per heavy atom. The predicted molar refractivity (Wildman–Crippen MR) is 120 cm³/mol. The van der Waals surface area contributed by atoms with Crippen LogP contribution >= 0.6 is 7.92 Å². The van der Waals surface area contributed by atoms with Crippen LogP contribution in [0.4, 0.5) is 5.69 Å². The summed E-state index contributed by atoms with van der Waals surface area (Å²) < 4.78 is 6.76.